The maximum Gasteiger partial charge on any atom is 0.239 e. The molecule has 2 N–H and O–H groups in total. The number of hydrogen-bond acceptors (Lipinski definition) is 3. The summed E-state index contributed by atoms with van der Waals surface area (Å²) in [7, 11) is 0. The van der Waals surface area contributed by atoms with Crippen molar-refractivity contribution in [3.63, 3.8) is 0 Å². The Hall–Kier alpha value is -2.04. The summed E-state index contributed by atoms with van der Waals surface area (Å²) in [5.41, 5.74) is 2.33. The highest BCUT2D eigenvalue weighted by molar-refractivity contribution is 5.85. The van der Waals surface area contributed by atoms with Crippen LogP contribution in [0.2, 0.25) is 0 Å². The third kappa shape index (κ3) is 6.04. The van der Waals surface area contributed by atoms with Gasteiger partial charge in [0.25, 0.3) is 0 Å². The molecule has 0 aromatic heterocycles. The number of halogens is 1. The highest BCUT2D eigenvalue weighted by Gasteiger charge is 2.27. The molecule has 1 heterocycles. The van der Waals surface area contributed by atoms with Crippen molar-refractivity contribution in [2.45, 2.75) is 25.9 Å². The van der Waals surface area contributed by atoms with Crippen molar-refractivity contribution in [3.8, 4) is 0 Å². The Morgan fingerprint density at radius 3 is 2.46 bits per heavy atom. The first-order chi connectivity index (χ1) is 12.2. The molecule has 0 spiro atoms. The zero-order valence-electron chi connectivity index (χ0n) is 15.2. The Morgan fingerprint density at radius 2 is 1.77 bits per heavy atom. The minimum Gasteiger partial charge on any atom is -0.376 e. The molecular weight excluding hydrogens is 346 g/mol. The molecule has 1 fully saturated rings. The summed E-state index contributed by atoms with van der Waals surface area (Å²) in [6, 6.07) is 20.6. The molecule has 140 valence electrons. The van der Waals surface area contributed by atoms with Crippen LogP contribution < -0.4 is 10.6 Å². The fourth-order valence-electron chi connectivity index (χ4n) is 3.42. The monoisotopic (exact) mass is 373 g/mol. The Kier molecular flexibility index (Phi) is 7.95. The van der Waals surface area contributed by atoms with Crippen LogP contribution in [0.4, 0.5) is 5.69 Å². The van der Waals surface area contributed by atoms with E-state index in [1.54, 1.807) is 0 Å². The van der Waals surface area contributed by atoms with E-state index in [0.717, 1.165) is 31.7 Å². The van der Waals surface area contributed by atoms with Gasteiger partial charge in [0.05, 0.1) is 6.54 Å². The number of likely N-dealkylation sites (tertiary alicyclic amines) is 1. The van der Waals surface area contributed by atoms with Crippen molar-refractivity contribution in [1.82, 2.24) is 10.2 Å². The first-order valence-electron chi connectivity index (χ1n) is 9.05. The van der Waals surface area contributed by atoms with E-state index >= 15 is 0 Å². The molecule has 0 radical (unpaired) electrons. The van der Waals surface area contributed by atoms with Crippen LogP contribution in [0.1, 0.15) is 18.9 Å². The van der Waals surface area contributed by atoms with Crippen LogP contribution in [0.3, 0.4) is 0 Å². The lowest BCUT2D eigenvalue weighted by atomic mass is 10.0. The van der Waals surface area contributed by atoms with Gasteiger partial charge in [0.15, 0.2) is 0 Å². The third-order valence-electron chi connectivity index (χ3n) is 4.88. The van der Waals surface area contributed by atoms with Crippen molar-refractivity contribution in [2.75, 3.05) is 25.0 Å². The zero-order chi connectivity index (χ0) is 17.5. The third-order valence-corrected chi connectivity index (χ3v) is 4.88. The standard InChI is InChI=1S/C21H27N3O.ClH/c1-17(23-21(25)14-22-20-10-6-3-7-11-20)19-12-13-24(16-19)15-18-8-4-2-5-9-18;/h2-11,17,19,22H,12-16H2,1H3,(H,23,25);1H. The number of rotatable bonds is 7. The van der Waals surface area contributed by atoms with Gasteiger partial charge in [-0.3, -0.25) is 9.69 Å². The van der Waals surface area contributed by atoms with Crippen molar-refractivity contribution < 1.29 is 4.79 Å². The van der Waals surface area contributed by atoms with Crippen molar-refractivity contribution in [2.24, 2.45) is 5.92 Å². The zero-order valence-corrected chi connectivity index (χ0v) is 16.0. The number of carbonyl (C=O) groups is 1. The number of nitrogens with one attached hydrogen (secondary N) is 2. The second-order valence-corrected chi connectivity index (χ2v) is 6.85. The molecule has 1 aliphatic rings. The second kappa shape index (κ2) is 10.2. The molecule has 26 heavy (non-hydrogen) atoms. The number of anilines is 1. The molecule has 0 saturated carbocycles. The Balaban J connectivity index is 0.00000243. The molecule has 2 atom stereocenters. The van der Waals surface area contributed by atoms with E-state index in [4.69, 9.17) is 0 Å². The summed E-state index contributed by atoms with van der Waals surface area (Å²) in [6.45, 7) is 5.57. The predicted octanol–water partition coefficient (Wildman–Crippen LogP) is 3.55. The quantitative estimate of drug-likeness (QED) is 0.780. The van der Waals surface area contributed by atoms with E-state index in [2.05, 4.69) is 52.8 Å². The molecule has 1 aliphatic heterocycles. The molecule has 1 amide bonds. The van der Waals surface area contributed by atoms with Crippen molar-refractivity contribution in [1.29, 1.82) is 0 Å². The van der Waals surface area contributed by atoms with E-state index in [0.29, 0.717) is 12.5 Å². The summed E-state index contributed by atoms with van der Waals surface area (Å²) in [5.74, 6) is 0.572. The molecule has 2 aromatic carbocycles. The molecule has 1 saturated heterocycles. The summed E-state index contributed by atoms with van der Waals surface area (Å²) in [5, 5.41) is 6.31. The number of nitrogens with zero attached hydrogens (tertiary/aromatic N) is 1. The van der Waals surface area contributed by atoms with Crippen molar-refractivity contribution >= 4 is 24.0 Å². The van der Waals surface area contributed by atoms with E-state index < -0.39 is 0 Å². The van der Waals surface area contributed by atoms with E-state index in [1.807, 2.05) is 30.3 Å². The van der Waals surface area contributed by atoms with Gasteiger partial charge in [0, 0.05) is 24.8 Å². The molecule has 3 rings (SSSR count). The first kappa shape index (κ1) is 20.3. The summed E-state index contributed by atoms with van der Waals surface area (Å²) < 4.78 is 0. The normalized spacial score (nSPS) is 18.0. The largest absolute Gasteiger partial charge is 0.376 e. The second-order valence-electron chi connectivity index (χ2n) is 6.85. The Morgan fingerprint density at radius 1 is 1.12 bits per heavy atom. The summed E-state index contributed by atoms with van der Waals surface area (Å²) in [6.07, 6.45) is 1.14. The molecule has 0 aliphatic carbocycles. The summed E-state index contributed by atoms with van der Waals surface area (Å²) >= 11 is 0. The van der Waals surface area contributed by atoms with Crippen LogP contribution in [0, 0.1) is 5.92 Å². The van der Waals surface area contributed by atoms with Gasteiger partial charge < -0.3 is 10.6 Å². The minimum atomic E-state index is 0. The maximum atomic E-state index is 12.2. The fourth-order valence-corrected chi connectivity index (χ4v) is 3.42. The predicted molar refractivity (Wildman–Crippen MR) is 110 cm³/mol. The van der Waals surface area contributed by atoms with Gasteiger partial charge in [-0.2, -0.15) is 0 Å². The van der Waals surface area contributed by atoms with Gasteiger partial charge in [0.1, 0.15) is 0 Å². The lowest BCUT2D eigenvalue weighted by molar-refractivity contribution is -0.120. The average molecular weight is 374 g/mol. The lowest BCUT2D eigenvalue weighted by Crippen LogP contribution is -2.41. The highest BCUT2D eigenvalue weighted by Crippen LogP contribution is 2.21. The van der Waals surface area contributed by atoms with Crippen LogP contribution in [0.15, 0.2) is 60.7 Å². The van der Waals surface area contributed by atoms with Crippen molar-refractivity contribution in [3.05, 3.63) is 66.2 Å². The van der Waals surface area contributed by atoms with E-state index in [9.17, 15) is 4.79 Å². The smallest absolute Gasteiger partial charge is 0.239 e. The molecular formula is C21H28ClN3O. The number of amides is 1. The van der Waals surface area contributed by atoms with E-state index in [1.165, 1.54) is 5.56 Å². The van der Waals surface area contributed by atoms with Gasteiger partial charge in [-0.05, 0) is 43.5 Å². The van der Waals surface area contributed by atoms with Gasteiger partial charge in [0.2, 0.25) is 5.91 Å². The molecule has 2 aromatic rings. The molecule has 4 nitrogen and oxygen atoms in total. The number of para-hydroxylation sites is 1. The molecule has 0 bridgehead atoms. The maximum absolute atomic E-state index is 12.2. The van der Waals surface area contributed by atoms with Gasteiger partial charge >= 0.3 is 0 Å². The van der Waals surface area contributed by atoms with E-state index in [-0.39, 0.29) is 24.4 Å². The minimum absolute atomic E-state index is 0. The number of hydrogen-bond donors (Lipinski definition) is 2. The fraction of sp³-hybridized carbons (Fsp3) is 0.381. The SMILES string of the molecule is CC(NC(=O)CNc1ccccc1)C1CCN(Cc2ccccc2)C1.Cl. The highest BCUT2D eigenvalue weighted by atomic mass is 35.5. The Labute approximate surface area is 162 Å². The van der Waals surface area contributed by atoms with Crippen LogP contribution >= 0.6 is 12.4 Å². The van der Waals surface area contributed by atoms with Crippen LogP contribution in [0.5, 0.6) is 0 Å². The number of carbonyl (C=O) groups excluding carboxylic acids is 1. The molecule has 2 unspecified atom stereocenters. The Bertz CT molecular complexity index is 665. The number of benzene rings is 2. The average Bonchev–Trinajstić information content (AvgIpc) is 3.10. The van der Waals surface area contributed by atoms with Crippen LogP contribution in [0.25, 0.3) is 0 Å². The van der Waals surface area contributed by atoms with Crippen LogP contribution in [-0.4, -0.2) is 36.5 Å². The lowest BCUT2D eigenvalue weighted by Gasteiger charge is -2.22. The molecule has 5 heteroatoms. The van der Waals surface area contributed by atoms with Gasteiger partial charge in [-0.25, -0.2) is 0 Å². The first-order valence-corrected chi connectivity index (χ1v) is 9.05. The van der Waals surface area contributed by atoms with Crippen LogP contribution in [-0.2, 0) is 11.3 Å². The topological polar surface area (TPSA) is 44.4 Å². The summed E-state index contributed by atoms with van der Waals surface area (Å²) in [4.78, 5) is 14.6. The van der Waals surface area contributed by atoms with Gasteiger partial charge in [-0.1, -0.05) is 48.5 Å². The van der Waals surface area contributed by atoms with Gasteiger partial charge in [-0.15, -0.1) is 12.4 Å².